The van der Waals surface area contributed by atoms with Crippen LogP contribution >= 0.6 is 0 Å². The fourth-order valence-electron chi connectivity index (χ4n) is 6.30. The lowest BCUT2D eigenvalue weighted by molar-refractivity contribution is -0.137. The van der Waals surface area contributed by atoms with Gasteiger partial charge in [-0.1, -0.05) is 76.3 Å². The maximum absolute atomic E-state index is 13.8. The molecule has 3 amide bonds. The molecule has 260 valence electrons. The summed E-state index contributed by atoms with van der Waals surface area (Å²) in [6.07, 6.45) is 16.2. The van der Waals surface area contributed by atoms with Gasteiger partial charge in [-0.15, -0.1) is 24.7 Å². The molecule has 1 aromatic carbocycles. The smallest absolute Gasteiger partial charge is 0.243 e. The van der Waals surface area contributed by atoms with Crippen LogP contribution in [0.2, 0.25) is 0 Å². The number of nitrogens with one attached hydrogen (secondary N) is 2. The minimum absolute atomic E-state index is 0.0211. The van der Waals surface area contributed by atoms with Crippen LogP contribution in [0.4, 0.5) is 0 Å². The standard InChI is InChI=1S/C38H58N4O5/c1-6-10-13-23-34(43)36(45)33(27-30-21-16-12-17-22-30)40-38(47)32(18-7-2)39-37(46)31(26-29-19-14-11-15-20-29)28-35(44)41(5)24-25-42(8-3)9-4/h1-2,11,14-15,19-20,30-34,36,43,45H,8-10,12-13,16-18,21-28H2,3-5H3,(H,39,46)(H,40,47)/t31?,32-,33?,34?,36+/m0/s1. The number of aliphatic hydroxyl groups is 2. The van der Waals surface area contributed by atoms with E-state index in [4.69, 9.17) is 12.8 Å². The van der Waals surface area contributed by atoms with Crippen LogP contribution in [0.1, 0.15) is 90.0 Å². The van der Waals surface area contributed by atoms with E-state index in [-0.39, 0.29) is 18.7 Å². The number of rotatable bonds is 21. The Morgan fingerprint density at radius 3 is 2.26 bits per heavy atom. The minimum Gasteiger partial charge on any atom is -0.390 e. The van der Waals surface area contributed by atoms with Gasteiger partial charge in [0.15, 0.2) is 0 Å². The van der Waals surface area contributed by atoms with Crippen molar-refractivity contribution < 1.29 is 24.6 Å². The largest absolute Gasteiger partial charge is 0.390 e. The molecule has 0 saturated heterocycles. The highest BCUT2D eigenvalue weighted by molar-refractivity contribution is 5.91. The van der Waals surface area contributed by atoms with Gasteiger partial charge in [0, 0.05) is 39.4 Å². The van der Waals surface area contributed by atoms with Gasteiger partial charge in [0.25, 0.3) is 0 Å². The van der Waals surface area contributed by atoms with E-state index in [1.807, 2.05) is 30.3 Å². The summed E-state index contributed by atoms with van der Waals surface area (Å²) in [5, 5.41) is 27.7. The average Bonchev–Trinajstić information content (AvgIpc) is 3.08. The Morgan fingerprint density at radius 2 is 1.64 bits per heavy atom. The van der Waals surface area contributed by atoms with Gasteiger partial charge < -0.3 is 30.6 Å². The number of amides is 3. The average molecular weight is 651 g/mol. The first kappa shape index (κ1) is 39.8. The van der Waals surface area contributed by atoms with E-state index in [1.54, 1.807) is 11.9 Å². The third-order valence-corrected chi connectivity index (χ3v) is 9.41. The first-order chi connectivity index (χ1) is 22.6. The molecule has 0 bridgehead atoms. The highest BCUT2D eigenvalue weighted by atomic mass is 16.3. The SMILES string of the molecule is C#CCCCC(O)[C@H](O)C(CC1CCCCC1)NC(=O)[C@H](CC#C)NC(=O)C(CC(=O)N(C)CCN(CC)CC)Cc1ccccc1. The van der Waals surface area contributed by atoms with Gasteiger partial charge in [-0.3, -0.25) is 14.4 Å². The van der Waals surface area contributed by atoms with Crippen LogP contribution in [0, 0.1) is 36.5 Å². The van der Waals surface area contributed by atoms with Crippen LogP contribution in [-0.2, 0) is 20.8 Å². The van der Waals surface area contributed by atoms with Crippen LogP contribution in [0.15, 0.2) is 30.3 Å². The van der Waals surface area contributed by atoms with Crippen molar-refractivity contribution in [2.45, 2.75) is 115 Å². The van der Waals surface area contributed by atoms with Crippen molar-refractivity contribution in [3.05, 3.63) is 35.9 Å². The maximum atomic E-state index is 13.8. The van der Waals surface area contributed by atoms with Gasteiger partial charge in [-0.2, -0.15) is 0 Å². The van der Waals surface area contributed by atoms with Gasteiger partial charge in [0.2, 0.25) is 17.7 Å². The zero-order valence-corrected chi connectivity index (χ0v) is 28.8. The highest BCUT2D eigenvalue weighted by Crippen LogP contribution is 2.29. The molecule has 1 aliphatic carbocycles. The molecule has 5 atom stereocenters. The number of likely N-dealkylation sites (N-methyl/N-ethyl adjacent to an activating group) is 2. The lowest BCUT2D eigenvalue weighted by Gasteiger charge is -2.33. The predicted molar refractivity (Wildman–Crippen MR) is 187 cm³/mol. The molecule has 2 rings (SSSR count). The lowest BCUT2D eigenvalue weighted by Crippen LogP contribution is -2.56. The summed E-state index contributed by atoms with van der Waals surface area (Å²) >= 11 is 0. The Bertz CT molecular complexity index is 1150. The third-order valence-electron chi connectivity index (χ3n) is 9.41. The number of benzene rings is 1. The minimum atomic E-state index is -1.20. The summed E-state index contributed by atoms with van der Waals surface area (Å²) in [5.74, 6) is 3.51. The monoisotopic (exact) mass is 650 g/mol. The Morgan fingerprint density at radius 1 is 0.957 bits per heavy atom. The molecular weight excluding hydrogens is 592 g/mol. The van der Waals surface area contributed by atoms with Gasteiger partial charge >= 0.3 is 0 Å². The Kier molecular flexibility index (Phi) is 18.8. The van der Waals surface area contributed by atoms with E-state index in [9.17, 15) is 24.6 Å². The molecule has 1 fully saturated rings. The Balaban J connectivity index is 2.20. The van der Waals surface area contributed by atoms with E-state index >= 15 is 0 Å². The van der Waals surface area contributed by atoms with Crippen molar-refractivity contribution >= 4 is 17.7 Å². The number of aliphatic hydroxyl groups excluding tert-OH is 2. The number of nitrogens with zero attached hydrogens (tertiary/aromatic N) is 2. The van der Waals surface area contributed by atoms with Crippen molar-refractivity contribution in [1.82, 2.24) is 20.4 Å². The zero-order chi connectivity index (χ0) is 34.6. The number of hydrogen-bond donors (Lipinski definition) is 4. The molecule has 0 radical (unpaired) electrons. The van der Waals surface area contributed by atoms with E-state index in [0.717, 1.165) is 50.9 Å². The third kappa shape index (κ3) is 14.5. The van der Waals surface area contributed by atoms with Crippen molar-refractivity contribution in [3.8, 4) is 24.7 Å². The summed E-state index contributed by atoms with van der Waals surface area (Å²) in [4.78, 5) is 44.7. The molecule has 4 N–H and O–H groups in total. The predicted octanol–water partition coefficient (Wildman–Crippen LogP) is 3.52. The van der Waals surface area contributed by atoms with E-state index < -0.39 is 42.0 Å². The second kappa shape index (κ2) is 22.2. The van der Waals surface area contributed by atoms with E-state index in [2.05, 4.69) is 41.2 Å². The second-order valence-corrected chi connectivity index (χ2v) is 12.9. The molecule has 0 heterocycles. The topological polar surface area (TPSA) is 122 Å². The molecule has 1 saturated carbocycles. The van der Waals surface area contributed by atoms with Gasteiger partial charge in [0.1, 0.15) is 6.04 Å². The summed E-state index contributed by atoms with van der Waals surface area (Å²) in [6.45, 7) is 7.22. The second-order valence-electron chi connectivity index (χ2n) is 12.9. The van der Waals surface area contributed by atoms with Crippen molar-refractivity contribution in [3.63, 3.8) is 0 Å². The van der Waals surface area contributed by atoms with Gasteiger partial charge in [-0.25, -0.2) is 0 Å². The normalized spacial score (nSPS) is 16.6. The Labute approximate surface area is 283 Å². The molecule has 0 aliphatic heterocycles. The van der Waals surface area contributed by atoms with Crippen LogP contribution < -0.4 is 10.6 Å². The van der Waals surface area contributed by atoms with Crippen LogP contribution in [0.5, 0.6) is 0 Å². The fourth-order valence-corrected chi connectivity index (χ4v) is 6.30. The lowest BCUT2D eigenvalue weighted by atomic mass is 9.82. The first-order valence-corrected chi connectivity index (χ1v) is 17.5. The molecule has 0 aromatic heterocycles. The summed E-state index contributed by atoms with van der Waals surface area (Å²) in [7, 11) is 1.75. The van der Waals surface area contributed by atoms with Crippen molar-refractivity contribution in [2.24, 2.45) is 11.8 Å². The number of carbonyl (C=O) groups excluding carboxylic acids is 3. The highest BCUT2D eigenvalue weighted by Gasteiger charge is 2.34. The summed E-state index contributed by atoms with van der Waals surface area (Å²) in [6, 6.07) is 7.69. The number of hydrogen-bond acceptors (Lipinski definition) is 6. The van der Waals surface area contributed by atoms with Gasteiger partial charge in [0.05, 0.1) is 24.2 Å². The molecule has 3 unspecified atom stereocenters. The van der Waals surface area contributed by atoms with E-state index in [0.29, 0.717) is 44.6 Å². The molecule has 1 aliphatic rings. The van der Waals surface area contributed by atoms with Crippen molar-refractivity contribution in [2.75, 3.05) is 33.2 Å². The molecular formula is C38H58N4O5. The molecule has 1 aromatic rings. The zero-order valence-electron chi connectivity index (χ0n) is 28.8. The molecule has 9 heteroatoms. The summed E-state index contributed by atoms with van der Waals surface area (Å²) < 4.78 is 0. The number of unbranched alkanes of at least 4 members (excludes halogenated alkanes) is 1. The summed E-state index contributed by atoms with van der Waals surface area (Å²) in [5.41, 5.74) is 0.902. The first-order valence-electron chi connectivity index (χ1n) is 17.5. The van der Waals surface area contributed by atoms with Crippen molar-refractivity contribution in [1.29, 1.82) is 0 Å². The molecule has 0 spiro atoms. The van der Waals surface area contributed by atoms with Crippen LogP contribution in [0.3, 0.4) is 0 Å². The fraction of sp³-hybridized carbons (Fsp3) is 0.658. The van der Waals surface area contributed by atoms with Gasteiger partial charge in [-0.05, 0) is 50.3 Å². The van der Waals surface area contributed by atoms with Crippen LogP contribution in [0.25, 0.3) is 0 Å². The number of carbonyl (C=O) groups is 3. The Hall–Kier alpha value is -3.37. The maximum Gasteiger partial charge on any atom is 0.243 e. The van der Waals surface area contributed by atoms with Crippen LogP contribution in [-0.4, -0.2) is 95.3 Å². The molecule has 9 nitrogen and oxygen atoms in total. The molecule has 47 heavy (non-hydrogen) atoms. The quantitative estimate of drug-likeness (QED) is 0.119. The van der Waals surface area contributed by atoms with E-state index in [1.165, 1.54) is 6.42 Å². The number of terminal acetylenes is 2.